The normalized spacial score (nSPS) is 16.1. The summed E-state index contributed by atoms with van der Waals surface area (Å²) in [5.41, 5.74) is 3.99. The minimum atomic E-state index is -0.516. The number of carbonyl (C=O) groups excluding carboxylic acids is 2. The molecular formula is C21H19N3O2. The molecule has 1 aromatic heterocycles. The van der Waals surface area contributed by atoms with Gasteiger partial charge < -0.3 is 5.32 Å². The molecule has 1 unspecified atom stereocenters. The van der Waals surface area contributed by atoms with Crippen LogP contribution in [0.5, 0.6) is 0 Å². The fourth-order valence-electron chi connectivity index (χ4n) is 3.56. The second-order valence-corrected chi connectivity index (χ2v) is 6.58. The Morgan fingerprint density at radius 2 is 1.77 bits per heavy atom. The van der Waals surface area contributed by atoms with Crippen LogP contribution in [0.2, 0.25) is 0 Å². The van der Waals surface area contributed by atoms with Crippen LogP contribution in [0.25, 0.3) is 5.69 Å². The smallest absolute Gasteiger partial charge is 0.226 e. The van der Waals surface area contributed by atoms with Gasteiger partial charge in [-0.1, -0.05) is 42.5 Å². The molecule has 26 heavy (non-hydrogen) atoms. The zero-order valence-electron chi connectivity index (χ0n) is 14.7. The number of rotatable bonds is 3. The highest BCUT2D eigenvalue weighted by Gasteiger charge is 2.36. The Labute approximate surface area is 151 Å². The molecule has 5 heteroatoms. The standard InChI is InChI=1S/C21H19N3O2/c1-13-8-6-7-11-16(13)20(26)17-12-18(25)22-21-19(17)14(2)23-24(21)15-9-4-3-5-10-15/h3-11,17H,12H2,1-2H3,(H,22,25). The van der Waals surface area contributed by atoms with Gasteiger partial charge in [-0.25, -0.2) is 4.68 Å². The highest BCUT2D eigenvalue weighted by Crippen LogP contribution is 2.38. The van der Waals surface area contributed by atoms with E-state index in [9.17, 15) is 9.59 Å². The van der Waals surface area contributed by atoms with Gasteiger partial charge in [0.05, 0.1) is 17.3 Å². The first-order chi connectivity index (χ1) is 12.6. The molecule has 1 atom stereocenters. The molecule has 0 saturated heterocycles. The number of aryl methyl sites for hydroxylation is 2. The largest absolute Gasteiger partial charge is 0.310 e. The zero-order chi connectivity index (χ0) is 18.3. The van der Waals surface area contributed by atoms with Gasteiger partial charge in [0, 0.05) is 17.5 Å². The van der Waals surface area contributed by atoms with Crippen molar-refractivity contribution in [2.24, 2.45) is 0 Å². The number of anilines is 1. The number of nitrogens with zero attached hydrogens (tertiary/aromatic N) is 2. The average Bonchev–Trinajstić information content (AvgIpc) is 2.98. The van der Waals surface area contributed by atoms with Crippen molar-refractivity contribution in [1.29, 1.82) is 0 Å². The monoisotopic (exact) mass is 345 g/mol. The summed E-state index contributed by atoms with van der Waals surface area (Å²) in [6, 6.07) is 17.1. The third kappa shape index (κ3) is 2.62. The Morgan fingerprint density at radius 1 is 1.08 bits per heavy atom. The van der Waals surface area contributed by atoms with Crippen molar-refractivity contribution in [3.05, 3.63) is 77.0 Å². The Hall–Kier alpha value is -3.21. The first kappa shape index (κ1) is 16.3. The highest BCUT2D eigenvalue weighted by atomic mass is 16.2. The third-order valence-electron chi connectivity index (χ3n) is 4.83. The lowest BCUT2D eigenvalue weighted by molar-refractivity contribution is -0.116. The molecule has 130 valence electrons. The lowest BCUT2D eigenvalue weighted by Gasteiger charge is -2.23. The summed E-state index contributed by atoms with van der Waals surface area (Å²) in [7, 11) is 0. The van der Waals surface area contributed by atoms with E-state index in [1.54, 1.807) is 4.68 Å². The van der Waals surface area contributed by atoms with Crippen LogP contribution in [0.1, 0.15) is 39.5 Å². The van der Waals surface area contributed by atoms with Gasteiger partial charge in [0.25, 0.3) is 0 Å². The number of carbonyl (C=O) groups is 2. The van der Waals surface area contributed by atoms with Crippen molar-refractivity contribution >= 4 is 17.5 Å². The van der Waals surface area contributed by atoms with E-state index in [2.05, 4.69) is 10.4 Å². The highest BCUT2D eigenvalue weighted by molar-refractivity contribution is 6.08. The van der Waals surface area contributed by atoms with E-state index in [1.165, 1.54) is 0 Å². The predicted octanol–water partition coefficient (Wildman–Crippen LogP) is 3.80. The number of ketones is 1. The van der Waals surface area contributed by atoms with Crippen molar-refractivity contribution in [1.82, 2.24) is 9.78 Å². The van der Waals surface area contributed by atoms with Crippen molar-refractivity contribution in [3.8, 4) is 5.69 Å². The van der Waals surface area contributed by atoms with Gasteiger partial charge in [-0.3, -0.25) is 9.59 Å². The lowest BCUT2D eigenvalue weighted by atomic mass is 9.84. The van der Waals surface area contributed by atoms with E-state index >= 15 is 0 Å². The second-order valence-electron chi connectivity index (χ2n) is 6.58. The van der Waals surface area contributed by atoms with Crippen molar-refractivity contribution in [2.75, 3.05) is 5.32 Å². The number of amides is 1. The molecule has 0 aliphatic carbocycles. The molecule has 3 aromatic rings. The third-order valence-corrected chi connectivity index (χ3v) is 4.83. The number of aromatic nitrogens is 2. The van der Waals surface area contributed by atoms with E-state index in [0.29, 0.717) is 11.4 Å². The molecule has 1 N–H and O–H groups in total. The van der Waals surface area contributed by atoms with Crippen LogP contribution in [0.3, 0.4) is 0 Å². The summed E-state index contributed by atoms with van der Waals surface area (Å²) >= 11 is 0. The maximum atomic E-state index is 13.2. The number of hydrogen-bond donors (Lipinski definition) is 1. The molecule has 1 amide bonds. The molecule has 0 bridgehead atoms. The molecule has 2 heterocycles. The van der Waals surface area contributed by atoms with E-state index in [0.717, 1.165) is 22.5 Å². The Morgan fingerprint density at radius 3 is 2.50 bits per heavy atom. The molecule has 0 spiro atoms. The fourth-order valence-corrected chi connectivity index (χ4v) is 3.56. The van der Waals surface area contributed by atoms with Crippen molar-refractivity contribution in [2.45, 2.75) is 26.2 Å². The molecule has 1 aliphatic rings. The average molecular weight is 345 g/mol. The van der Waals surface area contributed by atoms with Crippen LogP contribution < -0.4 is 5.32 Å². The van der Waals surface area contributed by atoms with Crippen LogP contribution in [0.4, 0.5) is 5.82 Å². The number of benzene rings is 2. The maximum Gasteiger partial charge on any atom is 0.226 e. The lowest BCUT2D eigenvalue weighted by Crippen LogP contribution is -2.28. The minimum Gasteiger partial charge on any atom is -0.310 e. The molecule has 2 aromatic carbocycles. The molecule has 0 fully saturated rings. The van der Waals surface area contributed by atoms with Crippen molar-refractivity contribution < 1.29 is 9.59 Å². The van der Waals surface area contributed by atoms with E-state index in [-0.39, 0.29) is 18.1 Å². The second kappa shape index (κ2) is 6.26. The van der Waals surface area contributed by atoms with Gasteiger partial charge >= 0.3 is 0 Å². The fraction of sp³-hybridized carbons (Fsp3) is 0.190. The summed E-state index contributed by atoms with van der Waals surface area (Å²) < 4.78 is 1.71. The number of nitrogens with one attached hydrogen (secondary N) is 1. The number of hydrogen-bond acceptors (Lipinski definition) is 3. The van der Waals surface area contributed by atoms with E-state index in [4.69, 9.17) is 0 Å². The summed E-state index contributed by atoms with van der Waals surface area (Å²) in [5, 5.41) is 7.50. The molecule has 0 saturated carbocycles. The van der Waals surface area contributed by atoms with Gasteiger partial charge in [0.15, 0.2) is 5.78 Å². The van der Waals surface area contributed by atoms with E-state index in [1.807, 2.05) is 68.4 Å². The molecule has 4 rings (SSSR count). The molecule has 5 nitrogen and oxygen atoms in total. The molecule has 1 aliphatic heterocycles. The van der Waals surface area contributed by atoms with Crippen LogP contribution in [0, 0.1) is 13.8 Å². The summed E-state index contributed by atoms with van der Waals surface area (Å²) in [6.45, 7) is 3.80. The number of fused-ring (bicyclic) bond motifs is 1. The van der Waals surface area contributed by atoms with Gasteiger partial charge in [0.1, 0.15) is 5.82 Å². The Balaban J connectivity index is 1.84. The SMILES string of the molecule is Cc1ccccc1C(=O)C1CC(=O)Nc2c1c(C)nn2-c1ccccc1. The minimum absolute atomic E-state index is 0.0325. The predicted molar refractivity (Wildman–Crippen MR) is 99.8 cm³/mol. The summed E-state index contributed by atoms with van der Waals surface area (Å²) in [5.74, 6) is -0.120. The van der Waals surface area contributed by atoms with Crippen LogP contribution in [0.15, 0.2) is 54.6 Å². The molecular weight excluding hydrogens is 326 g/mol. The Kier molecular flexibility index (Phi) is 3.92. The van der Waals surface area contributed by atoms with E-state index < -0.39 is 5.92 Å². The van der Waals surface area contributed by atoms with Crippen molar-refractivity contribution in [3.63, 3.8) is 0 Å². The summed E-state index contributed by atoms with van der Waals surface area (Å²) in [6.07, 6.45) is 0.140. The zero-order valence-corrected chi connectivity index (χ0v) is 14.7. The van der Waals surface area contributed by atoms with Crippen LogP contribution in [-0.4, -0.2) is 21.5 Å². The van der Waals surface area contributed by atoms with Crippen LogP contribution in [-0.2, 0) is 4.79 Å². The topological polar surface area (TPSA) is 64.0 Å². The first-order valence-electron chi connectivity index (χ1n) is 8.61. The maximum absolute atomic E-state index is 13.2. The summed E-state index contributed by atoms with van der Waals surface area (Å²) in [4.78, 5) is 25.6. The quantitative estimate of drug-likeness (QED) is 0.735. The number of Topliss-reactive ketones (excluding diaryl/α,β-unsaturated/α-hetero) is 1. The van der Waals surface area contributed by atoms with Crippen LogP contribution >= 0.6 is 0 Å². The van der Waals surface area contributed by atoms with Gasteiger partial charge in [-0.05, 0) is 31.5 Å². The molecule has 0 radical (unpaired) electrons. The number of para-hydroxylation sites is 1. The van der Waals surface area contributed by atoms with Gasteiger partial charge in [0.2, 0.25) is 5.91 Å². The Bertz CT molecular complexity index is 1010. The van der Waals surface area contributed by atoms with Gasteiger partial charge in [-0.2, -0.15) is 5.10 Å². The first-order valence-corrected chi connectivity index (χ1v) is 8.61. The van der Waals surface area contributed by atoms with Gasteiger partial charge in [-0.15, -0.1) is 0 Å².